The predicted molar refractivity (Wildman–Crippen MR) is 103 cm³/mol. The van der Waals surface area contributed by atoms with E-state index in [0.717, 1.165) is 35.4 Å². The van der Waals surface area contributed by atoms with Gasteiger partial charge in [-0.1, -0.05) is 40.9 Å². The zero-order valence-electron chi connectivity index (χ0n) is 14.9. The Morgan fingerprint density at radius 3 is 2.76 bits per heavy atom. The maximum absolute atomic E-state index is 12.2. The maximum atomic E-state index is 12.2. The Kier molecular flexibility index (Phi) is 7.98. The predicted octanol–water partition coefficient (Wildman–Crippen LogP) is 3.99. The minimum Gasteiger partial charge on any atom is -0.494 e. The van der Waals surface area contributed by atoms with Crippen LogP contribution in [0.2, 0.25) is 0 Å². The number of alkyl halides is 1. The van der Waals surface area contributed by atoms with E-state index in [-0.39, 0.29) is 5.91 Å². The second-order valence-corrected chi connectivity index (χ2v) is 6.87. The van der Waals surface area contributed by atoms with E-state index in [1.807, 2.05) is 31.2 Å². The number of aromatic nitrogens is 2. The molecule has 1 amide bonds. The van der Waals surface area contributed by atoms with Crippen molar-refractivity contribution in [1.82, 2.24) is 15.1 Å². The summed E-state index contributed by atoms with van der Waals surface area (Å²) in [6, 6.07) is 9.65. The van der Waals surface area contributed by atoms with Crippen molar-refractivity contribution < 1.29 is 9.53 Å². The number of hydrogen-bond acceptors (Lipinski definition) is 3. The zero-order valence-corrected chi connectivity index (χ0v) is 16.5. The van der Waals surface area contributed by atoms with Crippen molar-refractivity contribution in [3.63, 3.8) is 0 Å². The van der Waals surface area contributed by atoms with Crippen molar-refractivity contribution in [3.05, 3.63) is 47.3 Å². The van der Waals surface area contributed by atoms with Gasteiger partial charge in [0.05, 0.1) is 12.3 Å². The van der Waals surface area contributed by atoms with Crippen molar-refractivity contribution >= 4 is 21.8 Å². The minimum absolute atomic E-state index is 0.124. The lowest BCUT2D eigenvalue weighted by molar-refractivity contribution is 0.0941. The second-order valence-electron chi connectivity index (χ2n) is 6.08. The summed E-state index contributed by atoms with van der Waals surface area (Å²) in [7, 11) is 1.77. The number of aryl methyl sites for hydroxylation is 2. The van der Waals surface area contributed by atoms with Crippen LogP contribution in [-0.4, -0.2) is 27.6 Å². The molecule has 0 aliphatic rings. The molecule has 1 aromatic heterocycles. The van der Waals surface area contributed by atoms with Crippen LogP contribution in [0.4, 0.5) is 0 Å². The number of amides is 1. The van der Waals surface area contributed by atoms with Gasteiger partial charge in [-0.3, -0.25) is 9.48 Å². The van der Waals surface area contributed by atoms with E-state index < -0.39 is 0 Å². The number of unbranched alkanes of at least 4 members (excludes halogenated alkanes) is 3. The summed E-state index contributed by atoms with van der Waals surface area (Å²) in [5.41, 5.74) is 2.41. The Labute approximate surface area is 157 Å². The number of hydrogen-bond donors (Lipinski definition) is 1. The van der Waals surface area contributed by atoms with Gasteiger partial charge in [0.15, 0.2) is 0 Å². The van der Waals surface area contributed by atoms with E-state index in [4.69, 9.17) is 4.74 Å². The highest BCUT2D eigenvalue weighted by molar-refractivity contribution is 9.09. The van der Waals surface area contributed by atoms with Gasteiger partial charge < -0.3 is 10.1 Å². The lowest BCUT2D eigenvalue weighted by Crippen LogP contribution is -2.25. The summed E-state index contributed by atoms with van der Waals surface area (Å²) in [5.74, 6) is 0.727. The largest absolute Gasteiger partial charge is 0.494 e. The van der Waals surface area contributed by atoms with Gasteiger partial charge in [-0.2, -0.15) is 5.10 Å². The third kappa shape index (κ3) is 6.53. The molecule has 2 rings (SSSR count). The van der Waals surface area contributed by atoms with Crippen LogP contribution in [0.5, 0.6) is 5.75 Å². The molecule has 0 unspecified atom stereocenters. The number of halogens is 1. The molecule has 0 saturated carbocycles. The zero-order chi connectivity index (χ0) is 18.1. The Morgan fingerprint density at radius 1 is 1.24 bits per heavy atom. The molecule has 136 valence electrons. The molecule has 0 radical (unpaired) electrons. The SMILES string of the molecule is Cc1cc(C(=O)NCc2cccc(OCCCCCCBr)c2)n(C)n1. The van der Waals surface area contributed by atoms with Gasteiger partial charge in [-0.25, -0.2) is 0 Å². The van der Waals surface area contributed by atoms with Crippen LogP contribution < -0.4 is 10.1 Å². The highest BCUT2D eigenvalue weighted by Crippen LogP contribution is 2.14. The first-order chi connectivity index (χ1) is 12.1. The van der Waals surface area contributed by atoms with E-state index >= 15 is 0 Å². The van der Waals surface area contributed by atoms with Crippen molar-refractivity contribution in [3.8, 4) is 5.75 Å². The summed E-state index contributed by atoms with van der Waals surface area (Å²) in [6.07, 6.45) is 4.69. The summed E-state index contributed by atoms with van der Waals surface area (Å²) in [6.45, 7) is 3.06. The van der Waals surface area contributed by atoms with E-state index in [1.54, 1.807) is 17.8 Å². The molecule has 2 aromatic rings. The Bertz CT molecular complexity index is 685. The van der Waals surface area contributed by atoms with E-state index in [9.17, 15) is 4.79 Å². The van der Waals surface area contributed by atoms with Crippen LogP contribution in [0.3, 0.4) is 0 Å². The van der Waals surface area contributed by atoms with Gasteiger partial charge in [0.1, 0.15) is 11.4 Å². The standard InChI is InChI=1S/C19H26BrN3O2/c1-15-12-18(23(2)22-15)19(24)21-14-16-8-7-9-17(13-16)25-11-6-4-3-5-10-20/h7-9,12-13H,3-6,10-11,14H2,1-2H3,(H,21,24). The minimum atomic E-state index is -0.124. The molecule has 0 atom stereocenters. The molecule has 0 aliphatic carbocycles. The first-order valence-electron chi connectivity index (χ1n) is 8.66. The summed E-state index contributed by atoms with van der Waals surface area (Å²) < 4.78 is 7.40. The second kappa shape index (κ2) is 10.2. The molecule has 1 aromatic carbocycles. The molecule has 1 heterocycles. The fourth-order valence-electron chi connectivity index (χ4n) is 2.58. The Hall–Kier alpha value is -1.82. The van der Waals surface area contributed by atoms with Crippen LogP contribution >= 0.6 is 15.9 Å². The van der Waals surface area contributed by atoms with Crippen LogP contribution in [0.1, 0.15) is 47.4 Å². The molecule has 0 fully saturated rings. The van der Waals surface area contributed by atoms with Gasteiger partial charge in [-0.05, 0) is 43.5 Å². The van der Waals surface area contributed by atoms with Gasteiger partial charge in [0.25, 0.3) is 5.91 Å². The van der Waals surface area contributed by atoms with Crippen molar-refractivity contribution in [2.75, 3.05) is 11.9 Å². The molecule has 6 heteroatoms. The van der Waals surface area contributed by atoms with E-state index in [2.05, 4.69) is 26.3 Å². The first-order valence-corrected chi connectivity index (χ1v) is 9.79. The van der Waals surface area contributed by atoms with Gasteiger partial charge >= 0.3 is 0 Å². The lowest BCUT2D eigenvalue weighted by atomic mass is 10.2. The van der Waals surface area contributed by atoms with Gasteiger partial charge in [0, 0.05) is 18.9 Å². The number of carbonyl (C=O) groups is 1. The third-order valence-electron chi connectivity index (χ3n) is 3.88. The lowest BCUT2D eigenvalue weighted by Gasteiger charge is -2.09. The summed E-state index contributed by atoms with van der Waals surface area (Å²) in [4.78, 5) is 12.2. The molecule has 0 spiro atoms. The number of nitrogens with one attached hydrogen (secondary N) is 1. The normalized spacial score (nSPS) is 10.7. The highest BCUT2D eigenvalue weighted by Gasteiger charge is 2.11. The Balaban J connectivity index is 1.79. The Morgan fingerprint density at radius 2 is 2.04 bits per heavy atom. The van der Waals surface area contributed by atoms with Crippen LogP contribution in [-0.2, 0) is 13.6 Å². The molecule has 0 aliphatic heterocycles. The molecule has 1 N–H and O–H groups in total. The number of benzene rings is 1. The quantitative estimate of drug-likeness (QED) is 0.478. The average Bonchev–Trinajstić information content (AvgIpc) is 2.94. The van der Waals surface area contributed by atoms with Gasteiger partial charge in [0.2, 0.25) is 0 Å². The number of nitrogens with zero attached hydrogens (tertiary/aromatic N) is 2. The van der Waals surface area contributed by atoms with E-state index in [0.29, 0.717) is 12.2 Å². The van der Waals surface area contributed by atoms with E-state index in [1.165, 1.54) is 19.3 Å². The molecular weight excluding hydrogens is 382 g/mol. The first kappa shape index (κ1) is 19.5. The number of rotatable bonds is 10. The molecular formula is C19H26BrN3O2. The summed E-state index contributed by atoms with van der Waals surface area (Å²) in [5, 5.41) is 8.19. The summed E-state index contributed by atoms with van der Waals surface area (Å²) >= 11 is 3.44. The van der Waals surface area contributed by atoms with Crippen molar-refractivity contribution in [2.24, 2.45) is 7.05 Å². The number of ether oxygens (including phenoxy) is 1. The molecule has 0 bridgehead atoms. The smallest absolute Gasteiger partial charge is 0.269 e. The van der Waals surface area contributed by atoms with Crippen molar-refractivity contribution in [1.29, 1.82) is 0 Å². The van der Waals surface area contributed by atoms with Crippen LogP contribution in [0, 0.1) is 6.92 Å². The van der Waals surface area contributed by atoms with Gasteiger partial charge in [-0.15, -0.1) is 0 Å². The fraction of sp³-hybridized carbons (Fsp3) is 0.474. The van der Waals surface area contributed by atoms with Crippen LogP contribution in [0.25, 0.3) is 0 Å². The topological polar surface area (TPSA) is 56.1 Å². The van der Waals surface area contributed by atoms with Crippen molar-refractivity contribution in [2.45, 2.75) is 39.2 Å². The number of carbonyl (C=O) groups excluding carboxylic acids is 1. The molecule has 5 nitrogen and oxygen atoms in total. The molecule has 0 saturated heterocycles. The third-order valence-corrected chi connectivity index (χ3v) is 4.44. The monoisotopic (exact) mass is 407 g/mol. The fourth-order valence-corrected chi connectivity index (χ4v) is 2.98. The maximum Gasteiger partial charge on any atom is 0.269 e. The van der Waals surface area contributed by atoms with Crippen LogP contribution in [0.15, 0.2) is 30.3 Å². The average molecular weight is 408 g/mol. The highest BCUT2D eigenvalue weighted by atomic mass is 79.9. The molecule has 25 heavy (non-hydrogen) atoms.